The van der Waals surface area contributed by atoms with Gasteiger partial charge in [-0.2, -0.15) is 5.10 Å². The van der Waals surface area contributed by atoms with Gasteiger partial charge in [-0.3, -0.25) is 0 Å². The molecule has 3 aromatic rings. The van der Waals surface area contributed by atoms with Gasteiger partial charge in [0.05, 0.1) is 16.3 Å². The number of nitrogens with zero attached hydrogens (tertiary/aromatic N) is 3. The van der Waals surface area contributed by atoms with Crippen LogP contribution in [0, 0.1) is 0 Å². The highest BCUT2D eigenvalue weighted by Crippen LogP contribution is 2.23. The Balaban J connectivity index is 1.64. The minimum Gasteiger partial charge on any atom is -0.478 e. The second-order valence-corrected chi connectivity index (χ2v) is 6.17. The molecule has 0 aliphatic heterocycles. The lowest BCUT2D eigenvalue weighted by Gasteiger charge is -2.09. The second-order valence-electron chi connectivity index (χ2n) is 5.77. The van der Waals surface area contributed by atoms with Crippen molar-refractivity contribution < 1.29 is 27.8 Å². The Morgan fingerprint density at radius 2 is 1.86 bits per heavy atom. The quantitative estimate of drug-likeness (QED) is 0.654. The number of aromatic carboxylic acids is 1. The standard InChI is InChI=1S/C18H13ClF3N3O3/c19-15-9-11(1-7-14(15)17(26)27)2-8-16-23-10-25(24-16)12-3-5-13(6-4-12)28-18(20,21)22/h1,3-7,9-10H,2,8H2,(H,26,27). The molecule has 0 atom stereocenters. The maximum Gasteiger partial charge on any atom is 0.573 e. The predicted molar refractivity (Wildman–Crippen MR) is 93.9 cm³/mol. The van der Waals surface area contributed by atoms with Crippen LogP contribution in [0.3, 0.4) is 0 Å². The number of carboxylic acid groups (broad SMARTS) is 1. The summed E-state index contributed by atoms with van der Waals surface area (Å²) < 4.78 is 41.8. The number of alkyl halides is 3. The minimum absolute atomic E-state index is 0.0331. The summed E-state index contributed by atoms with van der Waals surface area (Å²) in [4.78, 5) is 15.1. The monoisotopic (exact) mass is 411 g/mol. The zero-order valence-electron chi connectivity index (χ0n) is 14.2. The van der Waals surface area contributed by atoms with Gasteiger partial charge in [0.15, 0.2) is 5.82 Å². The Morgan fingerprint density at radius 1 is 1.14 bits per heavy atom. The first kappa shape index (κ1) is 19.7. The van der Waals surface area contributed by atoms with Gasteiger partial charge in [0.25, 0.3) is 0 Å². The van der Waals surface area contributed by atoms with Gasteiger partial charge in [0.2, 0.25) is 0 Å². The van der Waals surface area contributed by atoms with E-state index in [4.69, 9.17) is 16.7 Å². The van der Waals surface area contributed by atoms with Crippen LogP contribution in [0.4, 0.5) is 13.2 Å². The van der Waals surface area contributed by atoms with E-state index in [1.165, 1.54) is 41.3 Å². The molecule has 0 spiro atoms. The number of hydrogen-bond donors (Lipinski definition) is 1. The average molecular weight is 412 g/mol. The summed E-state index contributed by atoms with van der Waals surface area (Å²) in [6, 6.07) is 9.95. The minimum atomic E-state index is -4.74. The third-order valence-electron chi connectivity index (χ3n) is 3.78. The maximum atomic E-state index is 12.2. The van der Waals surface area contributed by atoms with Gasteiger partial charge >= 0.3 is 12.3 Å². The fraction of sp³-hybridized carbons (Fsp3) is 0.167. The lowest BCUT2D eigenvalue weighted by Crippen LogP contribution is -2.17. The van der Waals surface area contributed by atoms with Gasteiger partial charge in [-0.25, -0.2) is 14.5 Å². The fourth-order valence-electron chi connectivity index (χ4n) is 2.48. The van der Waals surface area contributed by atoms with E-state index in [0.29, 0.717) is 24.4 Å². The SMILES string of the molecule is O=C(O)c1ccc(CCc2ncn(-c3ccc(OC(F)(F)F)cc3)n2)cc1Cl. The highest BCUT2D eigenvalue weighted by Gasteiger charge is 2.31. The van der Waals surface area contributed by atoms with Crippen LogP contribution in [0.1, 0.15) is 21.7 Å². The van der Waals surface area contributed by atoms with Crippen molar-refractivity contribution in [2.75, 3.05) is 0 Å². The molecule has 2 aromatic carbocycles. The van der Waals surface area contributed by atoms with Crippen LogP contribution in [0.5, 0.6) is 5.75 Å². The molecule has 0 saturated carbocycles. The van der Waals surface area contributed by atoms with Crippen LogP contribution in [-0.2, 0) is 12.8 Å². The Morgan fingerprint density at radius 3 is 2.46 bits per heavy atom. The number of aromatic nitrogens is 3. The molecule has 0 saturated heterocycles. The molecular formula is C18H13ClF3N3O3. The summed E-state index contributed by atoms with van der Waals surface area (Å²) >= 11 is 5.95. The summed E-state index contributed by atoms with van der Waals surface area (Å²) in [6.45, 7) is 0. The molecule has 0 aliphatic rings. The molecular weight excluding hydrogens is 399 g/mol. The molecule has 146 valence electrons. The number of hydrogen-bond acceptors (Lipinski definition) is 4. The van der Waals surface area contributed by atoms with Crippen LogP contribution < -0.4 is 4.74 Å². The number of rotatable bonds is 6. The van der Waals surface area contributed by atoms with E-state index in [9.17, 15) is 18.0 Å². The number of halogens is 4. The van der Waals surface area contributed by atoms with E-state index in [1.807, 2.05) is 0 Å². The van der Waals surface area contributed by atoms with Crippen molar-refractivity contribution in [1.82, 2.24) is 14.8 Å². The Hall–Kier alpha value is -3.07. The highest BCUT2D eigenvalue weighted by atomic mass is 35.5. The molecule has 0 aliphatic carbocycles. The normalized spacial score (nSPS) is 11.4. The number of benzene rings is 2. The molecule has 10 heteroatoms. The van der Waals surface area contributed by atoms with Crippen molar-refractivity contribution in [3.05, 3.63) is 70.8 Å². The first-order valence-corrected chi connectivity index (χ1v) is 8.37. The van der Waals surface area contributed by atoms with Gasteiger partial charge in [-0.05, 0) is 48.4 Å². The number of carbonyl (C=O) groups is 1. The molecule has 0 amide bonds. The number of carboxylic acids is 1. The average Bonchev–Trinajstić information content (AvgIpc) is 3.08. The molecule has 6 nitrogen and oxygen atoms in total. The zero-order chi connectivity index (χ0) is 20.3. The summed E-state index contributed by atoms with van der Waals surface area (Å²) in [5, 5.41) is 13.4. The predicted octanol–water partition coefficient (Wildman–Crippen LogP) is 4.30. The maximum absolute atomic E-state index is 12.2. The fourth-order valence-corrected chi connectivity index (χ4v) is 2.76. The third-order valence-corrected chi connectivity index (χ3v) is 4.09. The molecule has 0 radical (unpaired) electrons. The van der Waals surface area contributed by atoms with Crippen molar-refractivity contribution in [1.29, 1.82) is 0 Å². The van der Waals surface area contributed by atoms with Crippen molar-refractivity contribution >= 4 is 17.6 Å². The smallest absolute Gasteiger partial charge is 0.478 e. The molecule has 1 heterocycles. The van der Waals surface area contributed by atoms with E-state index in [2.05, 4.69) is 14.8 Å². The molecule has 28 heavy (non-hydrogen) atoms. The zero-order valence-corrected chi connectivity index (χ0v) is 14.9. The first-order valence-electron chi connectivity index (χ1n) is 8.00. The molecule has 1 N–H and O–H groups in total. The van der Waals surface area contributed by atoms with Crippen molar-refractivity contribution in [3.63, 3.8) is 0 Å². The van der Waals surface area contributed by atoms with Gasteiger partial charge in [0.1, 0.15) is 12.1 Å². The van der Waals surface area contributed by atoms with Crippen LogP contribution in [0.25, 0.3) is 5.69 Å². The van der Waals surface area contributed by atoms with Crippen LogP contribution in [0.2, 0.25) is 5.02 Å². The molecule has 0 fully saturated rings. The van der Waals surface area contributed by atoms with Gasteiger partial charge in [-0.15, -0.1) is 13.2 Å². The summed E-state index contributed by atoms with van der Waals surface area (Å²) in [6.07, 6.45) is -2.27. The van der Waals surface area contributed by atoms with Crippen molar-refractivity contribution in [3.8, 4) is 11.4 Å². The second kappa shape index (κ2) is 7.89. The van der Waals surface area contributed by atoms with E-state index >= 15 is 0 Å². The van der Waals surface area contributed by atoms with E-state index < -0.39 is 12.3 Å². The van der Waals surface area contributed by atoms with Gasteiger partial charge in [-0.1, -0.05) is 17.7 Å². The Kier molecular flexibility index (Phi) is 5.55. The number of ether oxygens (including phenoxy) is 1. The summed E-state index contributed by atoms with van der Waals surface area (Å²) in [7, 11) is 0. The topological polar surface area (TPSA) is 77.2 Å². The van der Waals surface area contributed by atoms with E-state index in [-0.39, 0.29) is 16.3 Å². The number of aryl methyl sites for hydroxylation is 2. The van der Waals surface area contributed by atoms with Gasteiger partial charge < -0.3 is 9.84 Å². The molecule has 0 bridgehead atoms. The first-order chi connectivity index (χ1) is 13.2. The third kappa shape index (κ3) is 5.01. The van der Waals surface area contributed by atoms with E-state index in [1.54, 1.807) is 12.1 Å². The van der Waals surface area contributed by atoms with Crippen molar-refractivity contribution in [2.45, 2.75) is 19.2 Å². The lowest BCUT2D eigenvalue weighted by atomic mass is 10.1. The Bertz CT molecular complexity index is 988. The van der Waals surface area contributed by atoms with Crippen LogP contribution in [-0.4, -0.2) is 32.2 Å². The van der Waals surface area contributed by atoms with E-state index in [0.717, 1.165) is 5.56 Å². The Labute approximate surface area is 162 Å². The summed E-state index contributed by atoms with van der Waals surface area (Å²) in [5.41, 5.74) is 1.40. The molecule has 0 unspecified atom stereocenters. The highest BCUT2D eigenvalue weighted by molar-refractivity contribution is 6.33. The molecule has 3 rings (SSSR count). The molecule has 1 aromatic heterocycles. The van der Waals surface area contributed by atoms with Gasteiger partial charge in [0, 0.05) is 6.42 Å². The largest absolute Gasteiger partial charge is 0.573 e. The van der Waals surface area contributed by atoms with Crippen molar-refractivity contribution in [2.24, 2.45) is 0 Å². The van der Waals surface area contributed by atoms with Crippen LogP contribution in [0.15, 0.2) is 48.8 Å². The summed E-state index contributed by atoms with van der Waals surface area (Å²) in [5.74, 6) is -0.893. The van der Waals surface area contributed by atoms with Crippen LogP contribution >= 0.6 is 11.6 Å². The lowest BCUT2D eigenvalue weighted by molar-refractivity contribution is -0.274.